The van der Waals surface area contributed by atoms with Gasteiger partial charge in [0.2, 0.25) is 11.8 Å². The Balaban J connectivity index is 3.48. The molecule has 0 bridgehead atoms. The van der Waals surface area contributed by atoms with Crippen LogP contribution in [-0.4, -0.2) is 48.3 Å². The second kappa shape index (κ2) is 13.8. The van der Waals surface area contributed by atoms with Gasteiger partial charge in [0.15, 0.2) is 0 Å². The Labute approximate surface area is 119 Å². The summed E-state index contributed by atoms with van der Waals surface area (Å²) in [5.41, 5.74) is 0. The van der Waals surface area contributed by atoms with E-state index in [-0.39, 0.29) is 38.1 Å². The SMILES string of the molecule is O=C(C=CCCCCC=CC(=O)NCCO)NCCO. The first kappa shape index (κ1) is 18.3. The van der Waals surface area contributed by atoms with Crippen LogP contribution in [0.15, 0.2) is 24.3 Å². The zero-order valence-electron chi connectivity index (χ0n) is 11.7. The topological polar surface area (TPSA) is 98.7 Å². The van der Waals surface area contributed by atoms with Crippen LogP contribution in [0.3, 0.4) is 0 Å². The highest BCUT2D eigenvalue weighted by Crippen LogP contribution is 2.01. The molecular weight excluding hydrogens is 260 g/mol. The third-order valence-corrected chi connectivity index (χ3v) is 2.35. The van der Waals surface area contributed by atoms with Gasteiger partial charge in [0.25, 0.3) is 0 Å². The number of carbonyl (C=O) groups excluding carboxylic acids is 2. The minimum atomic E-state index is -0.195. The number of unbranched alkanes of at least 4 members (excludes halogenated alkanes) is 3. The van der Waals surface area contributed by atoms with E-state index in [0.717, 1.165) is 25.7 Å². The van der Waals surface area contributed by atoms with E-state index < -0.39 is 0 Å². The van der Waals surface area contributed by atoms with E-state index in [0.29, 0.717) is 0 Å². The number of amides is 2. The number of hydrogen-bond donors (Lipinski definition) is 4. The molecule has 0 aromatic rings. The van der Waals surface area contributed by atoms with Gasteiger partial charge in [-0.1, -0.05) is 12.2 Å². The molecule has 0 aliphatic rings. The van der Waals surface area contributed by atoms with Crippen molar-refractivity contribution in [1.29, 1.82) is 0 Å². The van der Waals surface area contributed by atoms with Crippen LogP contribution in [0.4, 0.5) is 0 Å². The molecule has 0 aliphatic carbocycles. The van der Waals surface area contributed by atoms with Crippen molar-refractivity contribution in [2.24, 2.45) is 0 Å². The van der Waals surface area contributed by atoms with E-state index in [9.17, 15) is 9.59 Å². The number of aliphatic hydroxyl groups excluding tert-OH is 2. The molecule has 0 aliphatic heterocycles. The molecule has 0 atom stereocenters. The van der Waals surface area contributed by atoms with Gasteiger partial charge in [-0.25, -0.2) is 0 Å². The van der Waals surface area contributed by atoms with E-state index in [4.69, 9.17) is 10.2 Å². The summed E-state index contributed by atoms with van der Waals surface area (Å²) in [7, 11) is 0. The fourth-order valence-corrected chi connectivity index (χ4v) is 1.38. The van der Waals surface area contributed by atoms with Gasteiger partial charge in [-0.3, -0.25) is 9.59 Å². The maximum absolute atomic E-state index is 11.1. The maximum Gasteiger partial charge on any atom is 0.243 e. The normalized spacial score (nSPS) is 11.1. The van der Waals surface area contributed by atoms with Crippen LogP contribution in [0.25, 0.3) is 0 Å². The highest BCUT2D eigenvalue weighted by atomic mass is 16.3. The van der Waals surface area contributed by atoms with Crippen molar-refractivity contribution in [3.63, 3.8) is 0 Å². The maximum atomic E-state index is 11.1. The number of rotatable bonds is 11. The molecule has 2 amide bonds. The van der Waals surface area contributed by atoms with Crippen molar-refractivity contribution >= 4 is 11.8 Å². The second-order valence-electron chi connectivity index (χ2n) is 4.12. The molecular formula is C14H24N2O4. The third kappa shape index (κ3) is 12.8. The Morgan fingerprint density at radius 3 is 1.55 bits per heavy atom. The monoisotopic (exact) mass is 284 g/mol. The lowest BCUT2D eigenvalue weighted by Gasteiger charge is -1.98. The van der Waals surface area contributed by atoms with Crippen molar-refractivity contribution in [3.05, 3.63) is 24.3 Å². The van der Waals surface area contributed by atoms with Crippen LogP contribution in [0.1, 0.15) is 25.7 Å². The Bertz CT molecular complexity index is 295. The lowest BCUT2D eigenvalue weighted by Crippen LogP contribution is -2.24. The van der Waals surface area contributed by atoms with Gasteiger partial charge >= 0.3 is 0 Å². The first-order valence-corrected chi connectivity index (χ1v) is 6.81. The van der Waals surface area contributed by atoms with E-state index in [2.05, 4.69) is 10.6 Å². The molecule has 0 radical (unpaired) electrons. The van der Waals surface area contributed by atoms with Crippen molar-refractivity contribution < 1.29 is 19.8 Å². The highest BCUT2D eigenvalue weighted by molar-refractivity contribution is 5.87. The molecule has 0 saturated carbocycles. The van der Waals surface area contributed by atoms with E-state index >= 15 is 0 Å². The summed E-state index contributed by atoms with van der Waals surface area (Å²) in [6.45, 7) is 0.425. The Kier molecular flexibility index (Phi) is 12.6. The molecule has 0 rings (SSSR count). The average molecular weight is 284 g/mol. The first-order valence-electron chi connectivity index (χ1n) is 6.81. The quantitative estimate of drug-likeness (QED) is 0.314. The predicted molar refractivity (Wildman–Crippen MR) is 76.9 cm³/mol. The van der Waals surface area contributed by atoms with Crippen molar-refractivity contribution in [1.82, 2.24) is 10.6 Å². The molecule has 6 heteroatoms. The van der Waals surface area contributed by atoms with Gasteiger partial charge in [-0.2, -0.15) is 0 Å². The number of nitrogens with one attached hydrogen (secondary N) is 2. The van der Waals surface area contributed by atoms with Gasteiger partial charge in [-0.05, 0) is 37.8 Å². The smallest absolute Gasteiger partial charge is 0.243 e. The largest absolute Gasteiger partial charge is 0.395 e. The van der Waals surface area contributed by atoms with Gasteiger partial charge in [0.05, 0.1) is 13.2 Å². The van der Waals surface area contributed by atoms with Crippen LogP contribution in [0, 0.1) is 0 Å². The Morgan fingerprint density at radius 1 is 0.800 bits per heavy atom. The minimum Gasteiger partial charge on any atom is -0.395 e. The van der Waals surface area contributed by atoms with Crippen LogP contribution in [0.2, 0.25) is 0 Å². The van der Waals surface area contributed by atoms with Gasteiger partial charge in [-0.15, -0.1) is 0 Å². The second-order valence-corrected chi connectivity index (χ2v) is 4.12. The van der Waals surface area contributed by atoms with E-state index in [1.165, 1.54) is 12.2 Å². The summed E-state index contributed by atoms with van der Waals surface area (Å²) in [5, 5.41) is 22.1. The van der Waals surface area contributed by atoms with Gasteiger partial charge < -0.3 is 20.8 Å². The molecule has 20 heavy (non-hydrogen) atoms. The summed E-state index contributed by atoms with van der Waals surface area (Å²) in [5.74, 6) is -0.390. The number of hydrogen-bond acceptors (Lipinski definition) is 4. The molecule has 114 valence electrons. The number of carbonyl (C=O) groups is 2. The lowest BCUT2D eigenvalue weighted by atomic mass is 10.2. The third-order valence-electron chi connectivity index (χ3n) is 2.35. The van der Waals surface area contributed by atoms with Crippen molar-refractivity contribution in [2.75, 3.05) is 26.3 Å². The lowest BCUT2D eigenvalue weighted by molar-refractivity contribution is -0.117. The van der Waals surface area contributed by atoms with Crippen molar-refractivity contribution in [3.8, 4) is 0 Å². The van der Waals surface area contributed by atoms with E-state index in [1.807, 2.05) is 0 Å². The molecule has 6 nitrogen and oxygen atoms in total. The minimum absolute atomic E-state index is 0.0577. The summed E-state index contributed by atoms with van der Waals surface area (Å²) < 4.78 is 0. The zero-order chi connectivity index (χ0) is 15.1. The van der Waals surface area contributed by atoms with Crippen LogP contribution in [-0.2, 0) is 9.59 Å². The van der Waals surface area contributed by atoms with Crippen LogP contribution < -0.4 is 10.6 Å². The number of aliphatic hydroxyl groups is 2. The molecule has 0 aromatic carbocycles. The number of allylic oxidation sites excluding steroid dienone is 2. The van der Waals surface area contributed by atoms with Crippen LogP contribution >= 0.6 is 0 Å². The van der Waals surface area contributed by atoms with Crippen LogP contribution in [0.5, 0.6) is 0 Å². The van der Waals surface area contributed by atoms with Gasteiger partial charge in [0, 0.05) is 13.1 Å². The molecule has 0 fully saturated rings. The Hall–Kier alpha value is -1.66. The van der Waals surface area contributed by atoms with E-state index in [1.54, 1.807) is 12.2 Å². The summed E-state index contributed by atoms with van der Waals surface area (Å²) in [6, 6.07) is 0. The van der Waals surface area contributed by atoms with Gasteiger partial charge in [0.1, 0.15) is 0 Å². The summed E-state index contributed by atoms with van der Waals surface area (Å²) in [4.78, 5) is 22.2. The predicted octanol–water partition coefficient (Wildman–Crippen LogP) is -0.124. The molecule has 0 unspecified atom stereocenters. The average Bonchev–Trinajstić information content (AvgIpc) is 2.45. The first-order chi connectivity index (χ1) is 9.70. The molecule has 0 heterocycles. The van der Waals surface area contributed by atoms with Crippen molar-refractivity contribution in [2.45, 2.75) is 25.7 Å². The molecule has 0 saturated heterocycles. The summed E-state index contributed by atoms with van der Waals surface area (Å²) >= 11 is 0. The molecule has 0 aromatic heterocycles. The zero-order valence-corrected chi connectivity index (χ0v) is 11.7. The standard InChI is InChI=1S/C14H24N2O4/c17-11-9-15-13(19)7-5-3-1-2-4-6-8-14(20)16-10-12-18/h5-8,17-18H,1-4,9-12H2,(H,15,19)(H,16,20). The Morgan fingerprint density at radius 2 is 1.20 bits per heavy atom. The molecule has 0 spiro atoms. The summed E-state index contributed by atoms with van der Waals surface area (Å²) in [6.07, 6.45) is 10.0. The fraction of sp³-hybridized carbons (Fsp3) is 0.571. The highest BCUT2D eigenvalue weighted by Gasteiger charge is 1.93. The molecule has 4 N–H and O–H groups in total. The fourth-order valence-electron chi connectivity index (χ4n) is 1.38.